The fraction of sp³-hybridized carbons (Fsp3) is 0.417. The highest BCUT2D eigenvalue weighted by Crippen LogP contribution is 2.13. The Morgan fingerprint density at radius 3 is 2.40 bits per heavy atom. The van der Waals surface area contributed by atoms with Crippen molar-refractivity contribution in [1.29, 1.82) is 0 Å². The predicted molar refractivity (Wildman–Crippen MR) is 120 cm³/mol. The van der Waals surface area contributed by atoms with Crippen LogP contribution < -0.4 is 10.6 Å². The first-order valence-electron chi connectivity index (χ1n) is 10.7. The number of guanidine groups is 1. The molecule has 1 heterocycles. The summed E-state index contributed by atoms with van der Waals surface area (Å²) in [6, 6.07) is 18.4. The monoisotopic (exact) mass is 408 g/mol. The molecule has 0 aliphatic carbocycles. The maximum Gasteiger partial charge on any atom is 0.241 e. The van der Waals surface area contributed by atoms with Crippen LogP contribution in [0.15, 0.2) is 59.6 Å². The highest BCUT2D eigenvalue weighted by atomic mass is 16.5. The molecule has 6 nitrogen and oxygen atoms in total. The van der Waals surface area contributed by atoms with E-state index in [9.17, 15) is 4.79 Å². The minimum Gasteiger partial charge on any atom is -0.372 e. The van der Waals surface area contributed by atoms with Gasteiger partial charge in [0.15, 0.2) is 5.96 Å². The van der Waals surface area contributed by atoms with Crippen molar-refractivity contribution in [2.24, 2.45) is 4.99 Å². The van der Waals surface area contributed by atoms with Crippen LogP contribution >= 0.6 is 0 Å². The lowest BCUT2D eigenvalue weighted by Crippen LogP contribution is -2.44. The molecule has 1 amide bonds. The Morgan fingerprint density at radius 2 is 1.67 bits per heavy atom. The molecule has 1 saturated heterocycles. The van der Waals surface area contributed by atoms with Crippen LogP contribution in [0.3, 0.4) is 0 Å². The normalized spacial score (nSPS) is 14.0. The van der Waals surface area contributed by atoms with Gasteiger partial charge >= 0.3 is 0 Å². The van der Waals surface area contributed by atoms with Crippen LogP contribution in [0.1, 0.15) is 36.5 Å². The van der Waals surface area contributed by atoms with E-state index in [0.29, 0.717) is 25.7 Å². The van der Waals surface area contributed by atoms with E-state index < -0.39 is 0 Å². The average molecular weight is 409 g/mol. The molecule has 6 heteroatoms. The molecule has 30 heavy (non-hydrogen) atoms. The zero-order valence-electron chi connectivity index (χ0n) is 17.8. The first-order valence-corrected chi connectivity index (χ1v) is 10.7. The van der Waals surface area contributed by atoms with E-state index in [1.165, 1.54) is 0 Å². The largest absolute Gasteiger partial charge is 0.372 e. The topological polar surface area (TPSA) is 66.0 Å². The number of nitrogens with zero attached hydrogens (tertiary/aromatic N) is 2. The van der Waals surface area contributed by atoms with E-state index in [-0.39, 0.29) is 12.5 Å². The van der Waals surface area contributed by atoms with Crippen LogP contribution in [0.4, 0.5) is 0 Å². The summed E-state index contributed by atoms with van der Waals surface area (Å²) in [5.74, 6) is 0.790. The minimum atomic E-state index is 0.132. The van der Waals surface area contributed by atoms with Gasteiger partial charge in [-0.2, -0.15) is 0 Å². The quantitative estimate of drug-likeness (QED) is 0.494. The Labute approximate surface area is 179 Å². The molecule has 1 aliphatic heterocycles. The summed E-state index contributed by atoms with van der Waals surface area (Å²) in [7, 11) is 0. The second kappa shape index (κ2) is 12.0. The van der Waals surface area contributed by atoms with Crippen molar-refractivity contribution in [3.8, 4) is 0 Å². The summed E-state index contributed by atoms with van der Waals surface area (Å²) >= 11 is 0. The van der Waals surface area contributed by atoms with Gasteiger partial charge in [0.25, 0.3) is 0 Å². The van der Waals surface area contributed by atoms with Gasteiger partial charge in [-0.1, -0.05) is 54.6 Å². The third kappa shape index (κ3) is 6.88. The molecule has 0 unspecified atom stereocenters. The van der Waals surface area contributed by atoms with Gasteiger partial charge in [-0.15, -0.1) is 0 Å². The summed E-state index contributed by atoms with van der Waals surface area (Å²) in [5, 5.41) is 6.39. The van der Waals surface area contributed by atoms with Crippen LogP contribution in [0.2, 0.25) is 0 Å². The van der Waals surface area contributed by atoms with Gasteiger partial charge < -0.3 is 20.3 Å². The van der Waals surface area contributed by atoms with E-state index in [2.05, 4.69) is 39.9 Å². The van der Waals surface area contributed by atoms with Gasteiger partial charge in [0.1, 0.15) is 0 Å². The van der Waals surface area contributed by atoms with Crippen molar-refractivity contribution in [2.75, 3.05) is 26.2 Å². The maximum absolute atomic E-state index is 12.3. The van der Waals surface area contributed by atoms with Gasteiger partial charge in [0.2, 0.25) is 5.91 Å². The van der Waals surface area contributed by atoms with Crippen LogP contribution in [0, 0.1) is 0 Å². The molecule has 0 atom stereocenters. The van der Waals surface area contributed by atoms with Crippen LogP contribution in [0.5, 0.6) is 0 Å². The maximum atomic E-state index is 12.3. The molecule has 1 fully saturated rings. The smallest absolute Gasteiger partial charge is 0.241 e. The minimum absolute atomic E-state index is 0.132. The summed E-state index contributed by atoms with van der Waals surface area (Å²) < 4.78 is 5.91. The van der Waals surface area contributed by atoms with E-state index in [0.717, 1.165) is 49.2 Å². The number of hydrogen-bond acceptors (Lipinski definition) is 3. The molecule has 0 spiro atoms. The van der Waals surface area contributed by atoms with Crippen molar-refractivity contribution < 1.29 is 9.53 Å². The third-order valence-corrected chi connectivity index (χ3v) is 5.11. The third-order valence-electron chi connectivity index (χ3n) is 5.11. The number of carbonyl (C=O) groups excluding carboxylic acids is 1. The number of ether oxygens (including phenoxy) is 1. The zero-order valence-corrected chi connectivity index (χ0v) is 17.8. The number of hydrogen-bond donors (Lipinski definition) is 2. The van der Waals surface area contributed by atoms with Crippen molar-refractivity contribution in [2.45, 2.75) is 39.5 Å². The summed E-state index contributed by atoms with van der Waals surface area (Å²) in [6.07, 6.45) is 2.20. The van der Waals surface area contributed by atoms with Crippen LogP contribution in [-0.4, -0.2) is 42.9 Å². The van der Waals surface area contributed by atoms with Crippen LogP contribution in [0.25, 0.3) is 0 Å². The first-order chi connectivity index (χ1) is 14.8. The molecule has 0 radical (unpaired) electrons. The summed E-state index contributed by atoms with van der Waals surface area (Å²) in [6.45, 7) is 6.41. The zero-order chi connectivity index (χ0) is 21.0. The molecule has 2 aromatic rings. The van der Waals surface area contributed by atoms with Crippen molar-refractivity contribution in [1.82, 2.24) is 15.5 Å². The lowest BCUT2D eigenvalue weighted by atomic mass is 10.1. The Balaban J connectivity index is 1.54. The molecule has 2 N–H and O–H groups in total. The van der Waals surface area contributed by atoms with Gasteiger partial charge in [0, 0.05) is 19.6 Å². The van der Waals surface area contributed by atoms with Gasteiger partial charge in [-0.3, -0.25) is 4.79 Å². The van der Waals surface area contributed by atoms with Crippen molar-refractivity contribution in [3.05, 3.63) is 71.3 Å². The lowest BCUT2D eigenvalue weighted by molar-refractivity contribution is -0.128. The van der Waals surface area contributed by atoms with Crippen molar-refractivity contribution in [3.63, 3.8) is 0 Å². The lowest BCUT2D eigenvalue weighted by Gasteiger charge is -2.17. The fourth-order valence-electron chi connectivity index (χ4n) is 3.45. The van der Waals surface area contributed by atoms with E-state index in [1.807, 2.05) is 42.2 Å². The highest BCUT2D eigenvalue weighted by molar-refractivity contribution is 5.86. The highest BCUT2D eigenvalue weighted by Gasteiger charge is 2.17. The molecule has 2 aromatic carbocycles. The Kier molecular flexibility index (Phi) is 8.72. The molecule has 0 saturated carbocycles. The van der Waals surface area contributed by atoms with Gasteiger partial charge in [-0.05, 0) is 36.5 Å². The van der Waals surface area contributed by atoms with Gasteiger partial charge in [-0.25, -0.2) is 4.99 Å². The fourth-order valence-corrected chi connectivity index (χ4v) is 3.45. The Hall–Kier alpha value is -2.86. The standard InChI is InChI=1S/C24H32N4O2/c1-2-25-24(27-17-23(29)28-14-8-9-15-28)26-16-21-12-6-7-13-22(21)19-30-18-20-10-4-3-5-11-20/h3-7,10-13H,2,8-9,14-19H2,1H3,(H2,25,26,27). The van der Waals surface area contributed by atoms with Crippen LogP contribution in [-0.2, 0) is 29.3 Å². The number of rotatable bonds is 9. The number of aliphatic imine (C=N–C) groups is 1. The number of carbonyl (C=O) groups is 1. The molecule has 3 rings (SSSR count). The summed E-state index contributed by atoms with van der Waals surface area (Å²) in [4.78, 5) is 18.9. The Bertz CT molecular complexity index is 817. The molecule has 160 valence electrons. The molecular weight excluding hydrogens is 376 g/mol. The molecule has 1 aliphatic rings. The van der Waals surface area contributed by atoms with E-state index in [1.54, 1.807) is 0 Å². The molecule has 0 aromatic heterocycles. The Morgan fingerprint density at radius 1 is 0.967 bits per heavy atom. The first kappa shape index (κ1) is 21.8. The average Bonchev–Trinajstić information content (AvgIpc) is 3.32. The predicted octanol–water partition coefficient (Wildman–Crippen LogP) is 3.08. The second-order valence-electron chi connectivity index (χ2n) is 7.38. The number of nitrogens with one attached hydrogen (secondary N) is 2. The van der Waals surface area contributed by atoms with Crippen molar-refractivity contribution >= 4 is 11.9 Å². The second-order valence-corrected chi connectivity index (χ2v) is 7.38. The number of amides is 1. The van der Waals surface area contributed by atoms with E-state index in [4.69, 9.17) is 4.74 Å². The van der Waals surface area contributed by atoms with E-state index >= 15 is 0 Å². The molecular formula is C24H32N4O2. The number of likely N-dealkylation sites (tertiary alicyclic amines) is 1. The summed E-state index contributed by atoms with van der Waals surface area (Å²) in [5.41, 5.74) is 3.41. The van der Waals surface area contributed by atoms with Gasteiger partial charge in [0.05, 0.1) is 26.3 Å². The number of benzene rings is 2. The molecule has 0 bridgehead atoms. The SMILES string of the molecule is CCNC(=NCc1ccccc1COCc1ccccc1)NCC(=O)N1CCCC1.